The molecular formula is C22H29N3O3. The van der Waals surface area contributed by atoms with E-state index < -0.39 is 0 Å². The van der Waals surface area contributed by atoms with Gasteiger partial charge >= 0.3 is 0 Å². The summed E-state index contributed by atoms with van der Waals surface area (Å²) < 4.78 is 5.35. The number of hydrogen-bond donors (Lipinski definition) is 1. The van der Waals surface area contributed by atoms with Crippen LogP contribution in [0, 0.1) is 11.8 Å². The van der Waals surface area contributed by atoms with Gasteiger partial charge in [-0.3, -0.25) is 4.79 Å². The minimum absolute atomic E-state index is 0.119. The Hall–Kier alpha value is -2.18. The monoisotopic (exact) mass is 383 g/mol. The molecule has 2 saturated heterocycles. The zero-order chi connectivity index (χ0) is 19.3. The topological polar surface area (TPSA) is 69.8 Å². The Balaban J connectivity index is 1.41. The zero-order valence-corrected chi connectivity index (χ0v) is 16.3. The second kappa shape index (κ2) is 8.88. The van der Waals surface area contributed by atoms with Crippen LogP contribution in [0.25, 0.3) is 11.3 Å². The standard InChI is InChI=1S/C22H29N3O3/c26-16-19-15-25(14-18(19)13-24-10-6-1-2-7-11-24)22(27)21-12-20(23-28-21)17-8-4-3-5-9-17/h3-5,8-9,12,18-19,26H,1-2,6-7,10-11,13-16H2/t18-,19-/m0/s1. The van der Waals surface area contributed by atoms with Gasteiger partial charge in [0.05, 0.1) is 0 Å². The van der Waals surface area contributed by atoms with Crippen molar-refractivity contribution in [3.63, 3.8) is 0 Å². The highest BCUT2D eigenvalue weighted by atomic mass is 16.5. The van der Waals surface area contributed by atoms with E-state index in [9.17, 15) is 9.90 Å². The van der Waals surface area contributed by atoms with Crippen LogP contribution >= 0.6 is 0 Å². The van der Waals surface area contributed by atoms with Gasteiger partial charge in [0, 0.05) is 43.8 Å². The van der Waals surface area contributed by atoms with E-state index in [4.69, 9.17) is 4.52 Å². The van der Waals surface area contributed by atoms with E-state index in [1.807, 2.05) is 35.2 Å². The molecule has 28 heavy (non-hydrogen) atoms. The maximum absolute atomic E-state index is 12.9. The van der Waals surface area contributed by atoms with Crippen LogP contribution in [-0.2, 0) is 0 Å². The lowest BCUT2D eigenvalue weighted by Gasteiger charge is -2.26. The van der Waals surface area contributed by atoms with Crippen molar-refractivity contribution in [2.24, 2.45) is 11.8 Å². The average Bonchev–Trinajstić information content (AvgIpc) is 3.30. The number of likely N-dealkylation sites (tertiary alicyclic amines) is 2. The van der Waals surface area contributed by atoms with Crippen LogP contribution in [0.2, 0.25) is 0 Å². The number of amides is 1. The van der Waals surface area contributed by atoms with E-state index in [2.05, 4.69) is 10.1 Å². The first-order chi connectivity index (χ1) is 13.7. The van der Waals surface area contributed by atoms with Gasteiger partial charge < -0.3 is 19.4 Å². The number of rotatable bonds is 5. The van der Waals surface area contributed by atoms with Gasteiger partial charge in [0.15, 0.2) is 0 Å². The van der Waals surface area contributed by atoms with Gasteiger partial charge in [-0.2, -0.15) is 0 Å². The molecule has 0 bridgehead atoms. The van der Waals surface area contributed by atoms with E-state index in [-0.39, 0.29) is 24.2 Å². The number of carbonyl (C=O) groups excluding carboxylic acids is 1. The highest BCUT2D eigenvalue weighted by molar-refractivity contribution is 5.92. The zero-order valence-electron chi connectivity index (χ0n) is 16.3. The Morgan fingerprint density at radius 1 is 1.07 bits per heavy atom. The Morgan fingerprint density at radius 3 is 2.50 bits per heavy atom. The second-order valence-electron chi connectivity index (χ2n) is 8.07. The minimum atomic E-state index is -0.133. The third-order valence-corrected chi connectivity index (χ3v) is 6.08. The lowest BCUT2D eigenvalue weighted by molar-refractivity contribution is 0.0737. The first-order valence-corrected chi connectivity index (χ1v) is 10.4. The van der Waals surface area contributed by atoms with Crippen molar-refractivity contribution < 1.29 is 14.4 Å². The van der Waals surface area contributed by atoms with Gasteiger partial charge in [0.1, 0.15) is 5.69 Å². The number of nitrogens with zero attached hydrogens (tertiary/aromatic N) is 3. The molecule has 6 heteroatoms. The normalized spacial score (nSPS) is 23.7. The summed E-state index contributed by atoms with van der Waals surface area (Å²) in [5, 5.41) is 13.9. The SMILES string of the molecule is O=C(c1cc(-c2ccccc2)no1)N1C[C@@H](CO)[C@@H](CN2CCCCCC2)C1. The van der Waals surface area contributed by atoms with Crippen molar-refractivity contribution in [2.75, 3.05) is 39.3 Å². The highest BCUT2D eigenvalue weighted by Gasteiger charge is 2.37. The second-order valence-corrected chi connectivity index (χ2v) is 8.07. The number of aromatic nitrogens is 1. The van der Waals surface area contributed by atoms with Crippen molar-refractivity contribution in [1.29, 1.82) is 0 Å². The summed E-state index contributed by atoms with van der Waals surface area (Å²) in [6.45, 7) is 4.59. The lowest BCUT2D eigenvalue weighted by atomic mass is 9.96. The predicted octanol–water partition coefficient (Wildman–Crippen LogP) is 2.90. The molecule has 6 nitrogen and oxygen atoms in total. The van der Waals surface area contributed by atoms with Crippen LogP contribution in [0.5, 0.6) is 0 Å². The first kappa shape index (κ1) is 19.2. The van der Waals surface area contributed by atoms with Gasteiger partial charge in [-0.25, -0.2) is 0 Å². The van der Waals surface area contributed by atoms with Gasteiger partial charge in [0.2, 0.25) is 5.76 Å². The van der Waals surface area contributed by atoms with Crippen LogP contribution in [0.3, 0.4) is 0 Å². The largest absolute Gasteiger partial charge is 0.396 e. The molecule has 0 aliphatic carbocycles. The quantitative estimate of drug-likeness (QED) is 0.860. The maximum atomic E-state index is 12.9. The summed E-state index contributed by atoms with van der Waals surface area (Å²) in [6.07, 6.45) is 5.12. The molecule has 1 aromatic heterocycles. The molecule has 2 aromatic rings. The fourth-order valence-corrected chi connectivity index (χ4v) is 4.45. The summed E-state index contributed by atoms with van der Waals surface area (Å²) in [4.78, 5) is 17.3. The Morgan fingerprint density at radius 2 is 1.79 bits per heavy atom. The highest BCUT2D eigenvalue weighted by Crippen LogP contribution is 2.27. The number of hydrogen-bond acceptors (Lipinski definition) is 5. The van der Waals surface area contributed by atoms with E-state index >= 15 is 0 Å². The van der Waals surface area contributed by atoms with Crippen molar-refractivity contribution in [3.8, 4) is 11.3 Å². The summed E-state index contributed by atoms with van der Waals surface area (Å²) in [6, 6.07) is 11.4. The smallest absolute Gasteiger partial charge is 0.292 e. The maximum Gasteiger partial charge on any atom is 0.292 e. The predicted molar refractivity (Wildman–Crippen MR) is 107 cm³/mol. The molecule has 0 unspecified atom stereocenters. The molecule has 2 fully saturated rings. The van der Waals surface area contributed by atoms with Crippen molar-refractivity contribution in [1.82, 2.24) is 15.0 Å². The lowest BCUT2D eigenvalue weighted by Crippen LogP contribution is -2.35. The number of benzene rings is 1. The molecule has 2 aliphatic heterocycles. The van der Waals surface area contributed by atoms with Crippen LogP contribution < -0.4 is 0 Å². The number of aliphatic hydroxyl groups is 1. The summed E-state index contributed by atoms with van der Waals surface area (Å²) in [5.41, 5.74) is 1.60. The van der Waals surface area contributed by atoms with Crippen molar-refractivity contribution in [3.05, 3.63) is 42.2 Å². The van der Waals surface area contributed by atoms with Gasteiger partial charge in [-0.1, -0.05) is 48.3 Å². The fourth-order valence-electron chi connectivity index (χ4n) is 4.45. The minimum Gasteiger partial charge on any atom is -0.396 e. The molecular weight excluding hydrogens is 354 g/mol. The molecule has 1 amide bonds. The fraction of sp³-hybridized carbons (Fsp3) is 0.545. The van der Waals surface area contributed by atoms with Gasteiger partial charge in [-0.05, 0) is 31.8 Å². The summed E-state index contributed by atoms with van der Waals surface area (Å²) in [5.74, 6) is 0.574. The number of carbonyl (C=O) groups is 1. The van der Waals surface area contributed by atoms with Crippen molar-refractivity contribution >= 4 is 5.91 Å². The molecule has 3 heterocycles. The Kier molecular flexibility index (Phi) is 6.07. The molecule has 0 saturated carbocycles. The molecule has 150 valence electrons. The van der Waals surface area contributed by atoms with Gasteiger partial charge in [-0.15, -0.1) is 0 Å². The van der Waals surface area contributed by atoms with Crippen LogP contribution in [-0.4, -0.2) is 65.3 Å². The molecule has 1 aromatic carbocycles. The molecule has 0 radical (unpaired) electrons. The summed E-state index contributed by atoms with van der Waals surface area (Å²) >= 11 is 0. The van der Waals surface area contributed by atoms with E-state index in [0.29, 0.717) is 24.7 Å². The van der Waals surface area contributed by atoms with Crippen molar-refractivity contribution in [2.45, 2.75) is 25.7 Å². The average molecular weight is 383 g/mol. The van der Waals surface area contributed by atoms with Crippen LogP contribution in [0.1, 0.15) is 36.2 Å². The molecule has 1 N–H and O–H groups in total. The number of aliphatic hydroxyl groups excluding tert-OH is 1. The first-order valence-electron chi connectivity index (χ1n) is 10.4. The third kappa shape index (κ3) is 4.28. The van der Waals surface area contributed by atoms with E-state index in [1.54, 1.807) is 6.07 Å². The van der Waals surface area contributed by atoms with Gasteiger partial charge in [0.25, 0.3) is 5.91 Å². The van der Waals surface area contributed by atoms with E-state index in [1.165, 1.54) is 25.7 Å². The Bertz CT molecular complexity index is 768. The van der Waals surface area contributed by atoms with Crippen LogP contribution in [0.15, 0.2) is 40.9 Å². The molecule has 4 rings (SSSR count). The molecule has 2 atom stereocenters. The summed E-state index contributed by atoms with van der Waals surface area (Å²) in [7, 11) is 0. The Labute approximate surface area is 166 Å². The molecule has 2 aliphatic rings. The van der Waals surface area contributed by atoms with E-state index in [0.717, 1.165) is 25.2 Å². The van der Waals surface area contributed by atoms with Crippen LogP contribution in [0.4, 0.5) is 0 Å². The third-order valence-electron chi connectivity index (χ3n) is 6.08. The molecule has 0 spiro atoms.